The second kappa shape index (κ2) is 6.17. The first-order valence-corrected chi connectivity index (χ1v) is 8.78. The van der Waals surface area contributed by atoms with E-state index in [0.717, 1.165) is 15.6 Å². The fourth-order valence-corrected chi connectivity index (χ4v) is 5.69. The van der Waals surface area contributed by atoms with Gasteiger partial charge in [-0.25, -0.2) is 8.42 Å². The fourth-order valence-electron chi connectivity index (χ4n) is 1.99. The quantitative estimate of drug-likeness (QED) is 0.837. The molecule has 0 aliphatic carbocycles. The van der Waals surface area contributed by atoms with Crippen molar-refractivity contribution >= 4 is 50.5 Å². The van der Waals surface area contributed by atoms with Gasteiger partial charge in [-0.3, -0.25) is 4.79 Å². The van der Waals surface area contributed by atoms with Gasteiger partial charge in [0.1, 0.15) is 15.3 Å². The molecule has 6 nitrogen and oxygen atoms in total. The fraction of sp³-hybridized carbons (Fsp3) is 0.500. The molecule has 2 heterocycles. The number of likely N-dealkylation sites (N-methyl/N-ethyl adjacent to an activating group) is 1. The van der Waals surface area contributed by atoms with Crippen molar-refractivity contribution in [3.8, 4) is 0 Å². The number of hydrogen-bond donors (Lipinski definition) is 2. The third-order valence-corrected chi connectivity index (χ3v) is 6.62. The summed E-state index contributed by atoms with van der Waals surface area (Å²) < 4.78 is 26.8. The Labute approximate surface area is 131 Å². The van der Waals surface area contributed by atoms with E-state index in [-0.39, 0.29) is 28.2 Å². The number of piperazine rings is 1. The van der Waals surface area contributed by atoms with Gasteiger partial charge in [0.05, 0.1) is 4.34 Å². The van der Waals surface area contributed by atoms with Gasteiger partial charge in [-0.1, -0.05) is 23.2 Å². The van der Waals surface area contributed by atoms with Gasteiger partial charge in [0.2, 0.25) is 15.9 Å². The summed E-state index contributed by atoms with van der Waals surface area (Å²) in [6.07, 6.45) is 0. The van der Waals surface area contributed by atoms with Crippen molar-refractivity contribution < 1.29 is 13.2 Å². The van der Waals surface area contributed by atoms with Gasteiger partial charge < -0.3 is 10.6 Å². The molecule has 1 aromatic rings. The zero-order chi connectivity index (χ0) is 14.9. The lowest BCUT2D eigenvalue weighted by atomic mass is 10.2. The van der Waals surface area contributed by atoms with Crippen molar-refractivity contribution in [1.29, 1.82) is 0 Å². The molecule has 1 fully saturated rings. The number of hydrogen-bond acceptors (Lipinski definition) is 5. The van der Waals surface area contributed by atoms with Crippen LogP contribution in [0, 0.1) is 0 Å². The molecule has 1 aromatic heterocycles. The van der Waals surface area contributed by atoms with E-state index in [1.54, 1.807) is 0 Å². The molecule has 1 unspecified atom stereocenters. The van der Waals surface area contributed by atoms with Crippen LogP contribution in [0.1, 0.15) is 0 Å². The summed E-state index contributed by atoms with van der Waals surface area (Å²) in [4.78, 5) is 11.8. The zero-order valence-electron chi connectivity index (χ0n) is 10.5. The molecular weight excluding hydrogens is 345 g/mol. The smallest absolute Gasteiger partial charge is 0.246 e. The van der Waals surface area contributed by atoms with E-state index in [1.165, 1.54) is 13.1 Å². The van der Waals surface area contributed by atoms with E-state index < -0.39 is 16.1 Å². The predicted octanol–water partition coefficient (Wildman–Crippen LogP) is 0.763. The van der Waals surface area contributed by atoms with Crippen LogP contribution in [0.4, 0.5) is 0 Å². The highest BCUT2D eigenvalue weighted by Crippen LogP contribution is 2.36. The molecule has 1 aliphatic heterocycles. The maximum atomic E-state index is 12.6. The van der Waals surface area contributed by atoms with Gasteiger partial charge in [0.25, 0.3) is 0 Å². The van der Waals surface area contributed by atoms with Gasteiger partial charge >= 0.3 is 0 Å². The third kappa shape index (κ3) is 2.95. The number of amides is 1. The van der Waals surface area contributed by atoms with Gasteiger partial charge in [0.15, 0.2) is 0 Å². The molecule has 2 rings (SSSR count). The van der Waals surface area contributed by atoms with Crippen LogP contribution in [-0.4, -0.2) is 51.4 Å². The molecule has 1 aliphatic rings. The highest BCUT2D eigenvalue weighted by molar-refractivity contribution is 7.89. The summed E-state index contributed by atoms with van der Waals surface area (Å²) in [5, 5.41) is 5.47. The minimum absolute atomic E-state index is 0.0510. The average Bonchev–Trinajstić information content (AvgIpc) is 2.77. The molecule has 20 heavy (non-hydrogen) atoms. The van der Waals surface area contributed by atoms with Gasteiger partial charge in [-0.15, -0.1) is 11.3 Å². The van der Waals surface area contributed by atoms with Crippen molar-refractivity contribution in [3.05, 3.63) is 14.7 Å². The largest absolute Gasteiger partial charge is 0.358 e. The highest BCUT2D eigenvalue weighted by atomic mass is 35.5. The molecule has 1 amide bonds. The number of nitrogens with zero attached hydrogens (tertiary/aromatic N) is 1. The summed E-state index contributed by atoms with van der Waals surface area (Å²) in [6.45, 7) is 0.931. The minimum atomic E-state index is -3.85. The lowest BCUT2D eigenvalue weighted by Crippen LogP contribution is -2.59. The predicted molar refractivity (Wildman–Crippen MR) is 79.0 cm³/mol. The van der Waals surface area contributed by atoms with Gasteiger partial charge in [0, 0.05) is 26.7 Å². The molecule has 1 saturated heterocycles. The van der Waals surface area contributed by atoms with Crippen LogP contribution in [-0.2, 0) is 14.8 Å². The minimum Gasteiger partial charge on any atom is -0.358 e. The molecule has 0 aromatic carbocycles. The maximum Gasteiger partial charge on any atom is 0.246 e. The lowest BCUT2D eigenvalue weighted by molar-refractivity contribution is -0.124. The normalized spacial score (nSPS) is 20.9. The SMILES string of the molecule is CNC(=O)C1CNCCN1S(=O)(=O)c1cc(Cl)sc1Cl. The Bertz CT molecular complexity index is 617. The summed E-state index contributed by atoms with van der Waals surface area (Å²) in [6, 6.07) is 0.515. The molecule has 0 saturated carbocycles. The highest BCUT2D eigenvalue weighted by Gasteiger charge is 2.38. The molecule has 112 valence electrons. The number of sulfonamides is 1. The topological polar surface area (TPSA) is 78.5 Å². The summed E-state index contributed by atoms with van der Waals surface area (Å²) >= 11 is 12.7. The molecule has 1 atom stereocenters. The number of carbonyl (C=O) groups excluding carboxylic acids is 1. The number of rotatable bonds is 3. The van der Waals surface area contributed by atoms with E-state index in [4.69, 9.17) is 23.2 Å². The Balaban J connectivity index is 2.40. The van der Waals surface area contributed by atoms with E-state index in [2.05, 4.69) is 10.6 Å². The first kappa shape index (κ1) is 16.0. The van der Waals surface area contributed by atoms with Crippen LogP contribution in [0.25, 0.3) is 0 Å². The van der Waals surface area contributed by atoms with E-state index >= 15 is 0 Å². The van der Waals surface area contributed by atoms with Crippen molar-refractivity contribution in [2.45, 2.75) is 10.9 Å². The Morgan fingerprint density at radius 1 is 1.55 bits per heavy atom. The van der Waals surface area contributed by atoms with E-state index in [0.29, 0.717) is 10.9 Å². The molecule has 10 heteroatoms. The number of halogens is 2. The summed E-state index contributed by atoms with van der Waals surface area (Å²) in [5.74, 6) is -0.363. The van der Waals surface area contributed by atoms with E-state index in [9.17, 15) is 13.2 Å². The molecular formula is C10H13Cl2N3O3S2. The summed E-state index contributed by atoms with van der Waals surface area (Å²) in [7, 11) is -2.38. The molecule has 2 N–H and O–H groups in total. The van der Waals surface area contributed by atoms with Crippen LogP contribution in [0.5, 0.6) is 0 Å². The second-order valence-corrected chi connectivity index (χ2v) is 8.28. The first-order valence-electron chi connectivity index (χ1n) is 5.77. The molecule has 0 spiro atoms. The zero-order valence-corrected chi connectivity index (χ0v) is 13.7. The molecule has 0 radical (unpaired) electrons. The van der Waals surface area contributed by atoms with Crippen LogP contribution in [0.3, 0.4) is 0 Å². The first-order chi connectivity index (χ1) is 9.37. The van der Waals surface area contributed by atoms with Gasteiger partial charge in [-0.2, -0.15) is 4.31 Å². The van der Waals surface area contributed by atoms with Gasteiger partial charge in [-0.05, 0) is 6.07 Å². The number of nitrogens with one attached hydrogen (secondary N) is 2. The molecule has 0 bridgehead atoms. The number of thiophene rings is 1. The van der Waals surface area contributed by atoms with Crippen LogP contribution in [0.2, 0.25) is 8.67 Å². The Kier molecular flexibility index (Phi) is 4.93. The average molecular weight is 358 g/mol. The van der Waals surface area contributed by atoms with Crippen molar-refractivity contribution in [1.82, 2.24) is 14.9 Å². The maximum absolute atomic E-state index is 12.6. The summed E-state index contributed by atoms with van der Waals surface area (Å²) in [5.41, 5.74) is 0. The van der Waals surface area contributed by atoms with E-state index in [1.807, 2.05) is 0 Å². The van der Waals surface area contributed by atoms with Crippen molar-refractivity contribution in [2.75, 3.05) is 26.7 Å². The number of carbonyl (C=O) groups is 1. The van der Waals surface area contributed by atoms with Crippen molar-refractivity contribution in [3.63, 3.8) is 0 Å². The van der Waals surface area contributed by atoms with Crippen molar-refractivity contribution in [2.24, 2.45) is 0 Å². The van der Waals surface area contributed by atoms with Crippen LogP contribution in [0.15, 0.2) is 11.0 Å². The Morgan fingerprint density at radius 2 is 2.25 bits per heavy atom. The monoisotopic (exact) mass is 357 g/mol. The lowest BCUT2D eigenvalue weighted by Gasteiger charge is -2.33. The second-order valence-electron chi connectivity index (χ2n) is 4.14. The Hall–Kier alpha value is -0.380. The van der Waals surface area contributed by atoms with Crippen LogP contribution < -0.4 is 10.6 Å². The Morgan fingerprint density at radius 3 is 2.80 bits per heavy atom. The third-order valence-electron chi connectivity index (χ3n) is 2.96. The standard InChI is InChI=1S/C10H13Cl2N3O3S2/c1-13-10(16)6-5-14-2-3-15(6)20(17,18)7-4-8(11)19-9(7)12/h4,6,14H,2-3,5H2,1H3,(H,13,16). The van der Waals surface area contributed by atoms with Crippen LogP contribution >= 0.6 is 34.5 Å².